The van der Waals surface area contributed by atoms with E-state index in [1.807, 2.05) is 0 Å². The van der Waals surface area contributed by atoms with Crippen LogP contribution in [0.3, 0.4) is 0 Å². The molecule has 4 nitrogen and oxygen atoms in total. The first-order valence-corrected chi connectivity index (χ1v) is 15.5. The van der Waals surface area contributed by atoms with Gasteiger partial charge in [0.2, 0.25) is 0 Å². The Balaban J connectivity index is 4.44. The predicted octanol–water partition coefficient (Wildman–Crippen LogP) is 10.5. The van der Waals surface area contributed by atoms with Crippen molar-refractivity contribution >= 4 is 0 Å². The van der Waals surface area contributed by atoms with Crippen LogP contribution in [-0.2, 0) is 18.9 Å². The average Bonchev–Trinajstić information content (AvgIpc) is 2.87. The molecule has 0 bridgehead atoms. The molecule has 0 aromatic carbocycles. The first-order valence-electron chi connectivity index (χ1n) is 15.5. The van der Waals surface area contributed by atoms with Crippen molar-refractivity contribution in [1.29, 1.82) is 0 Å². The molecule has 0 unspecified atom stereocenters. The van der Waals surface area contributed by atoms with Crippen LogP contribution >= 0.6 is 0 Å². The molecule has 0 radical (unpaired) electrons. The Bertz CT molecular complexity index is 436. The number of unbranched alkanes of at least 4 members (excludes halogenated alkanes) is 16. The molecular weight excluding hydrogens is 436 g/mol. The lowest BCUT2D eigenvalue weighted by atomic mass is 10.1. The second-order valence-corrected chi connectivity index (χ2v) is 9.98. The summed E-state index contributed by atoms with van der Waals surface area (Å²) in [4.78, 5) is 0. The van der Waals surface area contributed by atoms with Gasteiger partial charge in [0, 0.05) is 6.42 Å². The molecule has 0 aromatic rings. The molecule has 0 amide bonds. The van der Waals surface area contributed by atoms with E-state index in [0.717, 1.165) is 51.1 Å². The third kappa shape index (κ3) is 24.6. The van der Waals surface area contributed by atoms with Gasteiger partial charge in [-0.3, -0.25) is 0 Å². The van der Waals surface area contributed by atoms with Gasteiger partial charge in [0.25, 0.3) is 0 Å². The molecule has 210 valence electrons. The van der Waals surface area contributed by atoms with Crippen LogP contribution in [0, 0.1) is 0 Å². The van der Waals surface area contributed by atoms with Crippen LogP contribution < -0.4 is 0 Å². The Kier molecular flexibility index (Phi) is 28.6. The Morgan fingerprint density at radius 3 is 1.34 bits per heavy atom. The first kappa shape index (κ1) is 34.1. The quantitative estimate of drug-likeness (QED) is 0.0583. The van der Waals surface area contributed by atoms with Gasteiger partial charge in [0.1, 0.15) is 0 Å². The molecule has 0 saturated carbocycles. The molecular formula is C31H62O4. The van der Waals surface area contributed by atoms with Crippen LogP contribution in [0.2, 0.25) is 0 Å². The van der Waals surface area contributed by atoms with Gasteiger partial charge >= 0.3 is 5.95 Å². The van der Waals surface area contributed by atoms with Gasteiger partial charge in [0.05, 0.1) is 19.8 Å². The Morgan fingerprint density at radius 1 is 0.400 bits per heavy atom. The molecule has 35 heavy (non-hydrogen) atoms. The summed E-state index contributed by atoms with van der Waals surface area (Å²) in [6, 6.07) is 0. The second-order valence-electron chi connectivity index (χ2n) is 9.98. The van der Waals surface area contributed by atoms with E-state index in [4.69, 9.17) is 18.9 Å². The summed E-state index contributed by atoms with van der Waals surface area (Å²) >= 11 is 0. The standard InChI is InChI=1S/C31H62O4/c1-5-9-12-14-16-18-20-23-27-33-30(25-8-4)31(35-29-32-26-22-11-7-3)34-28-24-21-19-17-15-13-10-6-2/h5-29H2,1-4H3. The minimum absolute atomic E-state index is 0.241. The zero-order chi connectivity index (χ0) is 25.7. The minimum atomic E-state index is 0.241. The molecule has 0 spiro atoms. The van der Waals surface area contributed by atoms with Crippen molar-refractivity contribution in [3.8, 4) is 0 Å². The fourth-order valence-electron chi connectivity index (χ4n) is 4.10. The molecule has 4 heteroatoms. The number of rotatable bonds is 29. The van der Waals surface area contributed by atoms with Gasteiger partial charge in [0.15, 0.2) is 12.6 Å². The highest BCUT2D eigenvalue weighted by molar-refractivity contribution is 4.95. The van der Waals surface area contributed by atoms with Crippen molar-refractivity contribution in [3.63, 3.8) is 0 Å². The third-order valence-corrected chi connectivity index (χ3v) is 6.38. The number of allylic oxidation sites excluding steroid dienone is 1. The molecule has 0 rings (SSSR count). The minimum Gasteiger partial charge on any atom is -0.491 e. The van der Waals surface area contributed by atoms with Crippen molar-refractivity contribution < 1.29 is 18.9 Å². The predicted molar refractivity (Wildman–Crippen MR) is 150 cm³/mol. The molecule has 0 saturated heterocycles. The van der Waals surface area contributed by atoms with E-state index in [-0.39, 0.29) is 6.79 Å². The maximum Gasteiger partial charge on any atom is 0.321 e. The maximum absolute atomic E-state index is 6.19. The van der Waals surface area contributed by atoms with Crippen LogP contribution in [0.5, 0.6) is 0 Å². The molecule has 0 atom stereocenters. The Morgan fingerprint density at radius 2 is 0.829 bits per heavy atom. The number of hydrogen-bond donors (Lipinski definition) is 0. The van der Waals surface area contributed by atoms with Gasteiger partial charge in [-0.2, -0.15) is 0 Å². The van der Waals surface area contributed by atoms with Gasteiger partial charge in [-0.1, -0.05) is 130 Å². The molecule has 0 aliphatic carbocycles. The summed E-state index contributed by atoms with van der Waals surface area (Å²) in [5.74, 6) is 1.43. The highest BCUT2D eigenvalue weighted by Gasteiger charge is 2.12. The van der Waals surface area contributed by atoms with Gasteiger partial charge in [-0.15, -0.1) is 0 Å². The van der Waals surface area contributed by atoms with Gasteiger partial charge in [-0.25, -0.2) is 0 Å². The summed E-state index contributed by atoms with van der Waals surface area (Å²) in [6.07, 6.45) is 26.1. The second kappa shape index (κ2) is 29.3. The van der Waals surface area contributed by atoms with E-state index in [0.29, 0.717) is 12.6 Å². The number of hydrogen-bond acceptors (Lipinski definition) is 4. The summed E-state index contributed by atoms with van der Waals surface area (Å²) in [7, 11) is 0. The van der Waals surface area contributed by atoms with Crippen LogP contribution in [0.15, 0.2) is 11.7 Å². The summed E-state index contributed by atoms with van der Waals surface area (Å²) < 4.78 is 24.0. The van der Waals surface area contributed by atoms with Gasteiger partial charge < -0.3 is 18.9 Å². The van der Waals surface area contributed by atoms with Crippen molar-refractivity contribution in [2.45, 2.75) is 163 Å². The zero-order valence-electron chi connectivity index (χ0n) is 24.3. The van der Waals surface area contributed by atoms with E-state index in [2.05, 4.69) is 27.7 Å². The smallest absolute Gasteiger partial charge is 0.321 e. The SMILES string of the molecule is CCCCCCCCCCOC(CCC)=C(OCCCCCCCCCC)OCOCCCCC. The molecule has 0 aliphatic heterocycles. The lowest BCUT2D eigenvalue weighted by molar-refractivity contribution is -0.0845. The zero-order valence-corrected chi connectivity index (χ0v) is 24.3. The van der Waals surface area contributed by atoms with Crippen LogP contribution in [0.4, 0.5) is 0 Å². The normalized spacial score (nSPS) is 12.0. The molecule has 0 fully saturated rings. The van der Waals surface area contributed by atoms with Crippen LogP contribution in [-0.4, -0.2) is 26.6 Å². The van der Waals surface area contributed by atoms with Crippen molar-refractivity contribution in [1.82, 2.24) is 0 Å². The summed E-state index contributed by atoms with van der Waals surface area (Å²) in [6.45, 7) is 11.3. The summed E-state index contributed by atoms with van der Waals surface area (Å²) in [5, 5.41) is 0. The molecule has 0 aromatic heterocycles. The van der Waals surface area contributed by atoms with E-state index in [9.17, 15) is 0 Å². The topological polar surface area (TPSA) is 36.9 Å². The fraction of sp³-hybridized carbons (Fsp3) is 0.935. The monoisotopic (exact) mass is 498 g/mol. The molecule has 0 heterocycles. The molecule has 0 aliphatic rings. The highest BCUT2D eigenvalue weighted by atomic mass is 16.7. The Labute approximate surface area is 219 Å². The van der Waals surface area contributed by atoms with Crippen molar-refractivity contribution in [2.24, 2.45) is 0 Å². The van der Waals surface area contributed by atoms with Crippen molar-refractivity contribution in [2.75, 3.05) is 26.6 Å². The van der Waals surface area contributed by atoms with E-state index in [1.54, 1.807) is 0 Å². The number of ether oxygens (including phenoxy) is 4. The average molecular weight is 499 g/mol. The van der Waals surface area contributed by atoms with E-state index in [1.165, 1.54) is 103 Å². The Hall–Kier alpha value is -0.900. The lowest BCUT2D eigenvalue weighted by Gasteiger charge is -2.17. The van der Waals surface area contributed by atoms with Crippen LogP contribution in [0.1, 0.15) is 163 Å². The maximum atomic E-state index is 6.19. The third-order valence-electron chi connectivity index (χ3n) is 6.38. The molecule has 0 N–H and O–H groups in total. The van der Waals surface area contributed by atoms with E-state index < -0.39 is 0 Å². The lowest BCUT2D eigenvalue weighted by Crippen LogP contribution is -2.10. The van der Waals surface area contributed by atoms with Crippen molar-refractivity contribution in [3.05, 3.63) is 11.7 Å². The van der Waals surface area contributed by atoms with Gasteiger partial charge in [-0.05, 0) is 25.7 Å². The largest absolute Gasteiger partial charge is 0.491 e. The fourth-order valence-corrected chi connectivity index (χ4v) is 4.10. The van der Waals surface area contributed by atoms with Crippen LogP contribution in [0.25, 0.3) is 0 Å². The van der Waals surface area contributed by atoms with E-state index >= 15 is 0 Å². The highest BCUT2D eigenvalue weighted by Crippen LogP contribution is 2.18. The first-order chi connectivity index (χ1) is 17.3. The summed E-state index contributed by atoms with van der Waals surface area (Å²) in [5.41, 5.74) is 0.